The molecule has 1 fully saturated rings. The Morgan fingerprint density at radius 1 is 1.18 bits per heavy atom. The normalized spacial score (nSPS) is 13.3. The maximum atomic E-state index is 12.9. The summed E-state index contributed by atoms with van der Waals surface area (Å²) in [5.74, 6) is 0.311. The molecule has 0 aliphatic carbocycles. The monoisotopic (exact) mass is 528 g/mol. The molecule has 0 spiro atoms. The molecule has 0 saturated carbocycles. The zero-order valence-electron chi connectivity index (χ0n) is 22.9. The summed E-state index contributed by atoms with van der Waals surface area (Å²) in [7, 11) is 0. The molecular weight excluding hydrogens is 492 g/mol. The smallest absolute Gasteiger partial charge is 0.258 e. The number of imidazole rings is 1. The van der Waals surface area contributed by atoms with Crippen molar-refractivity contribution in [2.24, 2.45) is 0 Å². The highest BCUT2D eigenvalue weighted by Crippen LogP contribution is 2.23. The number of pyridine rings is 1. The number of carbonyl (C=O) groups is 2. The second-order valence-electron chi connectivity index (χ2n) is 9.45. The van der Waals surface area contributed by atoms with Gasteiger partial charge in [0.15, 0.2) is 5.65 Å². The Morgan fingerprint density at radius 2 is 1.92 bits per heavy atom. The number of allylic oxidation sites excluding steroid dienone is 3. The van der Waals surface area contributed by atoms with E-state index < -0.39 is 0 Å². The number of aliphatic hydroxyl groups is 1. The number of carbonyl (C=O) groups excluding carboxylic acids is 2. The number of aromatic nitrogens is 3. The number of benzene rings is 1. The van der Waals surface area contributed by atoms with Crippen molar-refractivity contribution >= 4 is 28.9 Å². The summed E-state index contributed by atoms with van der Waals surface area (Å²) in [5.41, 5.74) is 3.30. The van der Waals surface area contributed by atoms with Crippen LogP contribution in [0.25, 0.3) is 11.2 Å². The van der Waals surface area contributed by atoms with E-state index in [1.807, 2.05) is 24.8 Å². The van der Waals surface area contributed by atoms with Crippen molar-refractivity contribution in [1.29, 1.82) is 5.26 Å². The lowest BCUT2D eigenvalue weighted by Crippen LogP contribution is -2.35. The Hall–Kier alpha value is -4.45. The third kappa shape index (κ3) is 7.77. The summed E-state index contributed by atoms with van der Waals surface area (Å²) < 4.78 is 1.79. The number of hydrogen-bond acceptors (Lipinski definition) is 6. The molecule has 2 aromatic heterocycles. The van der Waals surface area contributed by atoms with Crippen molar-refractivity contribution in [3.8, 4) is 6.07 Å². The van der Waals surface area contributed by atoms with E-state index in [0.29, 0.717) is 46.1 Å². The second kappa shape index (κ2) is 13.9. The highest BCUT2D eigenvalue weighted by atomic mass is 16.3. The van der Waals surface area contributed by atoms with E-state index in [9.17, 15) is 9.59 Å². The summed E-state index contributed by atoms with van der Waals surface area (Å²) in [4.78, 5) is 36.8. The number of rotatable bonds is 7. The molecule has 3 aromatic rings. The highest BCUT2D eigenvalue weighted by molar-refractivity contribution is 6.04. The van der Waals surface area contributed by atoms with Gasteiger partial charge in [-0.15, -0.1) is 0 Å². The van der Waals surface area contributed by atoms with Crippen molar-refractivity contribution in [3.05, 3.63) is 77.2 Å². The van der Waals surface area contributed by atoms with Gasteiger partial charge >= 0.3 is 0 Å². The average molecular weight is 529 g/mol. The lowest BCUT2D eigenvalue weighted by atomic mass is 10.1. The van der Waals surface area contributed by atoms with E-state index in [4.69, 9.17) is 10.4 Å². The van der Waals surface area contributed by atoms with E-state index in [-0.39, 0.29) is 11.8 Å². The van der Waals surface area contributed by atoms with E-state index in [1.54, 1.807) is 48.0 Å². The Morgan fingerprint density at radius 3 is 2.54 bits per heavy atom. The van der Waals surface area contributed by atoms with E-state index in [0.717, 1.165) is 50.8 Å². The van der Waals surface area contributed by atoms with Gasteiger partial charge in [-0.2, -0.15) is 5.26 Å². The van der Waals surface area contributed by atoms with Crippen molar-refractivity contribution < 1.29 is 14.7 Å². The van der Waals surface area contributed by atoms with Crippen LogP contribution in [-0.2, 0) is 6.54 Å². The van der Waals surface area contributed by atoms with Crippen LogP contribution in [0, 0.1) is 11.3 Å². The number of anilines is 1. The van der Waals surface area contributed by atoms with Crippen LogP contribution in [-0.4, -0.2) is 49.4 Å². The highest BCUT2D eigenvalue weighted by Gasteiger charge is 2.21. The molecule has 39 heavy (non-hydrogen) atoms. The van der Waals surface area contributed by atoms with Crippen LogP contribution in [0.3, 0.4) is 0 Å². The Kier molecular flexibility index (Phi) is 10.4. The summed E-state index contributed by atoms with van der Waals surface area (Å²) >= 11 is 0. The van der Waals surface area contributed by atoms with Gasteiger partial charge in [0.25, 0.3) is 11.8 Å². The molecule has 0 radical (unpaired) electrons. The zero-order chi connectivity index (χ0) is 28.4. The molecule has 0 atom stereocenters. The lowest BCUT2D eigenvalue weighted by Gasteiger charge is -2.26. The summed E-state index contributed by atoms with van der Waals surface area (Å²) in [6.45, 7) is 11.7. The zero-order valence-corrected chi connectivity index (χ0v) is 22.9. The molecule has 2 N–H and O–H groups in total. The molecule has 2 amide bonds. The van der Waals surface area contributed by atoms with Crippen LogP contribution in [0.2, 0.25) is 0 Å². The van der Waals surface area contributed by atoms with E-state index in [1.165, 1.54) is 6.07 Å². The average Bonchev–Trinajstić information content (AvgIpc) is 3.28. The molecule has 9 nitrogen and oxygen atoms in total. The Bertz CT molecular complexity index is 1410. The standard InChI is InChI=1S/C25H26N6O2.C5H10O/c1-3-17(2)16-31-22-21(13-20(15-27-22)24(33)30-10-5-4-6-11-30)28-25(31)29-23(32)19-9-7-8-18(12-19)14-26;1-3-4-5(2)6/h7-9,12-13,15H,2-6,10-11,16H2,1H3,(H,28,29,32);4,6H,3H2,1-2H3/b;5-4+. The third-order valence-corrected chi connectivity index (χ3v) is 6.34. The molecule has 204 valence electrons. The molecule has 1 saturated heterocycles. The number of likely N-dealkylation sites (tertiary alicyclic amines) is 1. The van der Waals surface area contributed by atoms with Crippen molar-refractivity contribution in [1.82, 2.24) is 19.4 Å². The number of nitriles is 1. The van der Waals surface area contributed by atoms with Crippen LogP contribution in [0.15, 0.2) is 60.5 Å². The van der Waals surface area contributed by atoms with Gasteiger partial charge in [-0.3, -0.25) is 19.5 Å². The minimum absolute atomic E-state index is 0.0458. The molecule has 1 aliphatic heterocycles. The van der Waals surface area contributed by atoms with Gasteiger partial charge < -0.3 is 10.0 Å². The number of hydrogen-bond donors (Lipinski definition) is 2. The lowest BCUT2D eigenvalue weighted by molar-refractivity contribution is 0.0724. The van der Waals surface area contributed by atoms with Crippen LogP contribution in [0.5, 0.6) is 0 Å². The van der Waals surface area contributed by atoms with Crippen LogP contribution >= 0.6 is 0 Å². The Labute approximate surface area is 229 Å². The topological polar surface area (TPSA) is 124 Å². The number of aliphatic hydroxyl groups excluding tert-OH is 1. The molecular formula is C30H36N6O3. The first kappa shape index (κ1) is 29.1. The number of fused-ring (bicyclic) bond motifs is 1. The first-order valence-electron chi connectivity index (χ1n) is 13.3. The van der Waals surface area contributed by atoms with Crippen LogP contribution < -0.4 is 5.32 Å². The SMILES string of the molecule is C=C(CC)Cn1c(NC(=O)c2cccc(C#N)c2)nc2cc(C(=O)N3CCCCC3)cnc21.CC/C=C(\C)O. The largest absolute Gasteiger partial charge is 0.513 e. The van der Waals surface area contributed by atoms with Gasteiger partial charge in [-0.1, -0.05) is 32.1 Å². The predicted molar refractivity (Wildman–Crippen MR) is 153 cm³/mol. The second-order valence-corrected chi connectivity index (χ2v) is 9.45. The fourth-order valence-corrected chi connectivity index (χ4v) is 4.19. The van der Waals surface area contributed by atoms with Gasteiger partial charge in [0, 0.05) is 31.4 Å². The van der Waals surface area contributed by atoms with Crippen LogP contribution in [0.1, 0.15) is 79.2 Å². The van der Waals surface area contributed by atoms with Gasteiger partial charge in [0.2, 0.25) is 5.95 Å². The minimum Gasteiger partial charge on any atom is -0.513 e. The van der Waals surface area contributed by atoms with Gasteiger partial charge in [-0.25, -0.2) is 9.97 Å². The summed E-state index contributed by atoms with van der Waals surface area (Å²) in [6, 6.07) is 10.2. The maximum absolute atomic E-state index is 12.9. The van der Waals surface area contributed by atoms with Crippen molar-refractivity contribution in [2.75, 3.05) is 18.4 Å². The molecule has 4 rings (SSSR count). The third-order valence-electron chi connectivity index (χ3n) is 6.34. The quantitative estimate of drug-likeness (QED) is 0.286. The number of nitrogens with one attached hydrogen (secondary N) is 1. The van der Waals surface area contributed by atoms with E-state index >= 15 is 0 Å². The van der Waals surface area contributed by atoms with Gasteiger partial charge in [0.05, 0.1) is 23.0 Å². The molecule has 0 bridgehead atoms. The van der Waals surface area contributed by atoms with Gasteiger partial charge in [-0.05, 0) is 69.4 Å². The number of amides is 2. The molecule has 3 heterocycles. The summed E-state index contributed by atoms with van der Waals surface area (Å²) in [5, 5.41) is 20.4. The maximum Gasteiger partial charge on any atom is 0.258 e. The minimum atomic E-state index is -0.379. The van der Waals surface area contributed by atoms with Crippen molar-refractivity contribution in [2.45, 2.75) is 59.4 Å². The van der Waals surface area contributed by atoms with Crippen LogP contribution in [0.4, 0.5) is 5.95 Å². The first-order chi connectivity index (χ1) is 18.8. The molecule has 9 heteroatoms. The van der Waals surface area contributed by atoms with Gasteiger partial charge in [0.1, 0.15) is 5.52 Å². The number of nitrogens with zero attached hydrogens (tertiary/aromatic N) is 5. The van der Waals surface area contributed by atoms with Crippen molar-refractivity contribution in [3.63, 3.8) is 0 Å². The fraction of sp³-hybridized carbons (Fsp3) is 0.367. The molecule has 1 aromatic carbocycles. The molecule has 0 unspecified atom stereocenters. The summed E-state index contributed by atoms with van der Waals surface area (Å²) in [6.07, 6.45) is 8.20. The molecule has 1 aliphatic rings. The Balaban J connectivity index is 0.000000631. The predicted octanol–water partition coefficient (Wildman–Crippen LogP) is 6.01. The number of piperidine rings is 1. The fourth-order valence-electron chi connectivity index (χ4n) is 4.19. The van der Waals surface area contributed by atoms with E-state index in [2.05, 4.69) is 21.9 Å². The first-order valence-corrected chi connectivity index (χ1v) is 13.3.